The Morgan fingerprint density at radius 2 is 1.43 bits per heavy atom. The van der Waals surface area contributed by atoms with Crippen molar-refractivity contribution in [1.29, 1.82) is 0 Å². The van der Waals surface area contributed by atoms with Crippen molar-refractivity contribution in [3.63, 3.8) is 0 Å². The number of aromatic nitrogens is 3. The van der Waals surface area contributed by atoms with Crippen LogP contribution in [0.15, 0.2) is 61.2 Å². The third-order valence-electron chi connectivity index (χ3n) is 5.10. The summed E-state index contributed by atoms with van der Waals surface area (Å²) in [5, 5.41) is 9.86. The van der Waals surface area contributed by atoms with Crippen LogP contribution in [-0.4, -0.2) is 44.7 Å². The Morgan fingerprint density at radius 1 is 0.800 bits per heavy atom. The smallest absolute Gasteiger partial charge is 0.321 e. The first-order valence-electron chi connectivity index (χ1n) is 10.1. The Bertz CT molecular complexity index is 975. The van der Waals surface area contributed by atoms with Crippen LogP contribution < -0.4 is 10.6 Å². The van der Waals surface area contributed by atoms with Crippen molar-refractivity contribution in [3.8, 4) is 5.69 Å². The van der Waals surface area contributed by atoms with Gasteiger partial charge in [0.2, 0.25) is 0 Å². The fourth-order valence-corrected chi connectivity index (χ4v) is 3.42. The van der Waals surface area contributed by atoms with Gasteiger partial charge >= 0.3 is 6.03 Å². The summed E-state index contributed by atoms with van der Waals surface area (Å²) < 4.78 is 1.63. The van der Waals surface area contributed by atoms with E-state index < -0.39 is 0 Å². The van der Waals surface area contributed by atoms with E-state index in [4.69, 9.17) is 0 Å². The van der Waals surface area contributed by atoms with Crippen LogP contribution in [0, 0.1) is 0 Å². The minimum Gasteiger partial charge on any atom is -0.325 e. The molecular weight excluding hydrogens is 380 g/mol. The van der Waals surface area contributed by atoms with Crippen LogP contribution in [0.25, 0.3) is 5.69 Å². The van der Waals surface area contributed by atoms with Gasteiger partial charge < -0.3 is 15.5 Å². The van der Waals surface area contributed by atoms with Gasteiger partial charge in [0.1, 0.15) is 12.7 Å². The van der Waals surface area contributed by atoms with Crippen molar-refractivity contribution < 1.29 is 9.59 Å². The summed E-state index contributed by atoms with van der Waals surface area (Å²) in [7, 11) is 0. The molecule has 154 valence electrons. The van der Waals surface area contributed by atoms with Crippen LogP contribution in [0.2, 0.25) is 0 Å². The number of benzene rings is 2. The highest BCUT2D eigenvalue weighted by Gasteiger charge is 2.15. The predicted molar refractivity (Wildman–Crippen MR) is 115 cm³/mol. The molecule has 2 heterocycles. The van der Waals surface area contributed by atoms with Gasteiger partial charge in [-0.05, 0) is 61.4 Å². The molecule has 1 aliphatic heterocycles. The second kappa shape index (κ2) is 9.21. The minimum absolute atomic E-state index is 0.0684. The fourth-order valence-electron chi connectivity index (χ4n) is 3.42. The van der Waals surface area contributed by atoms with Crippen LogP contribution >= 0.6 is 0 Å². The van der Waals surface area contributed by atoms with Crippen molar-refractivity contribution in [2.45, 2.75) is 25.7 Å². The number of urea groups is 1. The molecule has 1 aliphatic rings. The number of anilines is 2. The highest BCUT2D eigenvalue weighted by molar-refractivity contribution is 6.04. The van der Waals surface area contributed by atoms with Crippen molar-refractivity contribution in [2.24, 2.45) is 0 Å². The van der Waals surface area contributed by atoms with E-state index >= 15 is 0 Å². The minimum atomic E-state index is -0.207. The number of amides is 3. The van der Waals surface area contributed by atoms with Gasteiger partial charge in [-0.15, -0.1) is 0 Å². The van der Waals surface area contributed by atoms with E-state index in [0.717, 1.165) is 31.6 Å². The van der Waals surface area contributed by atoms with E-state index in [9.17, 15) is 9.59 Å². The lowest BCUT2D eigenvalue weighted by molar-refractivity contribution is 0.102. The number of rotatable bonds is 4. The zero-order chi connectivity index (χ0) is 20.8. The van der Waals surface area contributed by atoms with Crippen LogP contribution in [0.1, 0.15) is 36.0 Å². The van der Waals surface area contributed by atoms with Gasteiger partial charge in [-0.3, -0.25) is 4.79 Å². The molecule has 0 bridgehead atoms. The first kappa shape index (κ1) is 19.6. The Labute approximate surface area is 174 Å². The summed E-state index contributed by atoms with van der Waals surface area (Å²) in [5.41, 5.74) is 2.73. The third kappa shape index (κ3) is 4.83. The number of hydrogen-bond acceptors (Lipinski definition) is 4. The third-order valence-corrected chi connectivity index (χ3v) is 5.10. The Balaban J connectivity index is 1.33. The SMILES string of the molecule is O=C(Nc1ccc(NC(=O)N2CCCCCC2)cc1)c1ccc(-n2cncn2)cc1. The van der Waals surface area contributed by atoms with Crippen molar-refractivity contribution in [1.82, 2.24) is 19.7 Å². The van der Waals surface area contributed by atoms with E-state index in [0.29, 0.717) is 16.9 Å². The zero-order valence-corrected chi connectivity index (χ0v) is 16.6. The number of likely N-dealkylation sites (tertiary alicyclic amines) is 1. The van der Waals surface area contributed by atoms with Crippen molar-refractivity contribution >= 4 is 23.3 Å². The largest absolute Gasteiger partial charge is 0.325 e. The number of nitrogens with zero attached hydrogens (tertiary/aromatic N) is 4. The van der Waals surface area contributed by atoms with Crippen LogP contribution in [0.3, 0.4) is 0 Å². The lowest BCUT2D eigenvalue weighted by atomic mass is 10.2. The van der Waals surface area contributed by atoms with Crippen LogP contribution in [-0.2, 0) is 0 Å². The normalized spacial score (nSPS) is 14.1. The number of carbonyl (C=O) groups excluding carboxylic acids is 2. The molecule has 0 spiro atoms. The van der Waals surface area contributed by atoms with Crippen LogP contribution in [0.4, 0.5) is 16.2 Å². The second-order valence-electron chi connectivity index (χ2n) is 7.25. The molecule has 1 saturated heterocycles. The molecule has 0 atom stereocenters. The topological polar surface area (TPSA) is 92.2 Å². The average molecular weight is 404 g/mol. The quantitative estimate of drug-likeness (QED) is 0.689. The van der Waals surface area contributed by atoms with Gasteiger partial charge in [0, 0.05) is 30.0 Å². The molecule has 3 amide bonds. The molecule has 1 aromatic heterocycles. The maximum atomic E-state index is 12.5. The highest BCUT2D eigenvalue weighted by atomic mass is 16.2. The summed E-state index contributed by atoms with van der Waals surface area (Å²) in [6.07, 6.45) is 7.53. The molecule has 1 fully saturated rings. The van der Waals surface area contributed by atoms with E-state index in [1.807, 2.05) is 17.0 Å². The maximum Gasteiger partial charge on any atom is 0.321 e. The average Bonchev–Trinajstić information content (AvgIpc) is 3.17. The van der Waals surface area contributed by atoms with Gasteiger partial charge in [-0.25, -0.2) is 14.5 Å². The Morgan fingerprint density at radius 3 is 2.03 bits per heavy atom. The summed E-state index contributed by atoms with van der Waals surface area (Å²) in [6, 6.07) is 14.2. The Kier molecular flexibility index (Phi) is 6.03. The lowest BCUT2D eigenvalue weighted by Gasteiger charge is -2.20. The molecule has 0 radical (unpaired) electrons. The lowest BCUT2D eigenvalue weighted by Crippen LogP contribution is -2.35. The summed E-state index contributed by atoms with van der Waals surface area (Å²) >= 11 is 0. The predicted octanol–water partition coefficient (Wildman–Crippen LogP) is 3.93. The van der Waals surface area contributed by atoms with E-state index in [1.165, 1.54) is 19.2 Å². The second-order valence-corrected chi connectivity index (χ2v) is 7.25. The number of carbonyl (C=O) groups is 2. The van der Waals surface area contributed by atoms with Crippen molar-refractivity contribution in [2.75, 3.05) is 23.7 Å². The first-order valence-corrected chi connectivity index (χ1v) is 10.1. The molecule has 30 heavy (non-hydrogen) atoms. The molecule has 0 aliphatic carbocycles. The molecule has 8 nitrogen and oxygen atoms in total. The Hall–Kier alpha value is -3.68. The first-order chi connectivity index (χ1) is 14.7. The standard InChI is InChI=1S/C22H24N6O2/c29-21(17-5-11-20(12-6-17)28-16-23-15-24-28)25-18-7-9-19(10-8-18)26-22(30)27-13-3-1-2-4-14-27/h5-12,15-16H,1-4,13-14H2,(H,25,29)(H,26,30). The van der Waals surface area contributed by atoms with Gasteiger partial charge in [-0.1, -0.05) is 12.8 Å². The summed E-state index contributed by atoms with van der Waals surface area (Å²) in [4.78, 5) is 30.7. The fraction of sp³-hybridized carbons (Fsp3) is 0.273. The van der Waals surface area contributed by atoms with E-state index in [1.54, 1.807) is 47.4 Å². The summed E-state index contributed by atoms with van der Waals surface area (Å²) in [6.45, 7) is 1.60. The van der Waals surface area contributed by atoms with E-state index in [2.05, 4.69) is 20.7 Å². The molecule has 2 aromatic carbocycles. The number of hydrogen-bond donors (Lipinski definition) is 2. The molecule has 0 saturated carbocycles. The van der Waals surface area contributed by atoms with Crippen molar-refractivity contribution in [3.05, 3.63) is 66.7 Å². The van der Waals surface area contributed by atoms with Crippen LogP contribution in [0.5, 0.6) is 0 Å². The number of nitrogens with one attached hydrogen (secondary N) is 2. The monoisotopic (exact) mass is 404 g/mol. The molecule has 8 heteroatoms. The van der Waals surface area contributed by atoms with Gasteiger partial charge in [0.15, 0.2) is 0 Å². The summed E-state index contributed by atoms with van der Waals surface area (Å²) in [5.74, 6) is -0.207. The van der Waals surface area contributed by atoms with Gasteiger partial charge in [0.05, 0.1) is 5.69 Å². The molecular formula is C22H24N6O2. The molecule has 2 N–H and O–H groups in total. The highest BCUT2D eigenvalue weighted by Crippen LogP contribution is 2.17. The zero-order valence-electron chi connectivity index (χ0n) is 16.6. The van der Waals surface area contributed by atoms with Gasteiger partial charge in [0.25, 0.3) is 5.91 Å². The maximum absolute atomic E-state index is 12.5. The van der Waals surface area contributed by atoms with E-state index in [-0.39, 0.29) is 11.9 Å². The molecule has 4 rings (SSSR count). The van der Waals surface area contributed by atoms with Gasteiger partial charge in [-0.2, -0.15) is 5.10 Å². The molecule has 3 aromatic rings. The molecule has 0 unspecified atom stereocenters.